The molecule has 0 unspecified atom stereocenters. The number of rotatable bonds is 1. The van der Waals surface area contributed by atoms with Crippen molar-refractivity contribution in [2.24, 2.45) is 5.92 Å². The van der Waals surface area contributed by atoms with Crippen molar-refractivity contribution in [3.63, 3.8) is 0 Å². The van der Waals surface area contributed by atoms with Gasteiger partial charge in [-0.3, -0.25) is 4.79 Å². The Balaban J connectivity index is 0.00000120. The molecule has 2 aliphatic heterocycles. The molecule has 18 heavy (non-hydrogen) atoms. The zero-order chi connectivity index (χ0) is 12.0. The molecule has 0 aromatic rings. The molecule has 3 fully saturated rings. The molecule has 3 rings (SSSR count). The minimum atomic E-state index is -0.297. The Labute approximate surface area is 113 Å². The standard InChI is InChI=1S/C12H17N3O2.ClH/c13-6-8-2-1-3-15(8)12(17)11-7-4-9(14-11)10(16)5-7;/h7-11,14,16H,1-5H2;1H/t7-,8-,9+,10+,11+;/m0./s1. The van der Waals surface area contributed by atoms with Crippen molar-refractivity contribution in [3.05, 3.63) is 0 Å². The molecule has 5 atom stereocenters. The number of nitrogens with zero attached hydrogens (tertiary/aromatic N) is 2. The van der Waals surface area contributed by atoms with Crippen molar-refractivity contribution < 1.29 is 9.90 Å². The second-order valence-electron chi connectivity index (χ2n) is 5.37. The van der Waals surface area contributed by atoms with E-state index in [0.717, 1.165) is 25.7 Å². The molecule has 2 N–H and O–H groups in total. The van der Waals surface area contributed by atoms with Gasteiger partial charge in [0.25, 0.3) is 0 Å². The van der Waals surface area contributed by atoms with Crippen LogP contribution in [0.1, 0.15) is 25.7 Å². The summed E-state index contributed by atoms with van der Waals surface area (Å²) < 4.78 is 0. The van der Waals surface area contributed by atoms with Gasteiger partial charge in [-0.2, -0.15) is 5.26 Å². The molecule has 1 saturated carbocycles. The number of aliphatic hydroxyl groups excluding tert-OH is 1. The average Bonchev–Trinajstić information content (AvgIpc) is 3.01. The first-order chi connectivity index (χ1) is 8.20. The lowest BCUT2D eigenvalue weighted by molar-refractivity contribution is -0.134. The van der Waals surface area contributed by atoms with Gasteiger partial charge < -0.3 is 15.3 Å². The van der Waals surface area contributed by atoms with Crippen molar-refractivity contribution in [2.45, 2.75) is 49.9 Å². The summed E-state index contributed by atoms with van der Waals surface area (Å²) in [6, 6.07) is 1.87. The van der Waals surface area contributed by atoms with Gasteiger partial charge in [-0.15, -0.1) is 12.4 Å². The van der Waals surface area contributed by atoms with Gasteiger partial charge in [0.15, 0.2) is 0 Å². The van der Waals surface area contributed by atoms with Crippen molar-refractivity contribution >= 4 is 18.3 Å². The molecule has 6 heteroatoms. The third-order valence-corrected chi connectivity index (χ3v) is 4.38. The lowest BCUT2D eigenvalue weighted by Gasteiger charge is -2.30. The summed E-state index contributed by atoms with van der Waals surface area (Å²) >= 11 is 0. The second kappa shape index (κ2) is 5.04. The number of aliphatic hydroxyl groups is 1. The number of carbonyl (C=O) groups is 1. The molecular weight excluding hydrogens is 254 g/mol. The minimum absolute atomic E-state index is 0. The summed E-state index contributed by atoms with van der Waals surface area (Å²) in [5, 5.41) is 21.9. The molecule has 0 aromatic heterocycles. The molecule has 2 heterocycles. The Hall–Kier alpha value is -0.830. The highest BCUT2D eigenvalue weighted by Gasteiger charge is 2.49. The van der Waals surface area contributed by atoms with Crippen LogP contribution in [-0.4, -0.2) is 46.7 Å². The van der Waals surface area contributed by atoms with E-state index in [1.54, 1.807) is 4.90 Å². The van der Waals surface area contributed by atoms with Crippen LogP contribution in [0.3, 0.4) is 0 Å². The molecule has 1 aliphatic carbocycles. The highest BCUT2D eigenvalue weighted by molar-refractivity contribution is 5.85. The van der Waals surface area contributed by atoms with Gasteiger partial charge in [0, 0.05) is 12.6 Å². The first-order valence-corrected chi connectivity index (χ1v) is 6.35. The normalized spacial score (nSPS) is 41.6. The maximum Gasteiger partial charge on any atom is 0.241 e. The Bertz CT molecular complexity index is 382. The number of hydrogen-bond donors (Lipinski definition) is 2. The molecule has 2 bridgehead atoms. The number of piperidine rings is 1. The smallest absolute Gasteiger partial charge is 0.241 e. The fourth-order valence-corrected chi connectivity index (χ4v) is 3.49. The van der Waals surface area contributed by atoms with Gasteiger partial charge in [-0.25, -0.2) is 0 Å². The van der Waals surface area contributed by atoms with Gasteiger partial charge in [0.1, 0.15) is 6.04 Å². The van der Waals surface area contributed by atoms with Crippen LogP contribution < -0.4 is 5.32 Å². The molecule has 3 aliphatic rings. The van der Waals surface area contributed by atoms with E-state index in [0.29, 0.717) is 6.54 Å². The highest BCUT2D eigenvalue weighted by Crippen LogP contribution is 2.37. The van der Waals surface area contributed by atoms with E-state index in [1.807, 2.05) is 0 Å². The molecule has 0 radical (unpaired) electrons. The lowest BCUT2D eigenvalue weighted by atomic mass is 9.97. The van der Waals surface area contributed by atoms with Gasteiger partial charge >= 0.3 is 0 Å². The number of amides is 1. The molecule has 0 spiro atoms. The number of nitriles is 1. The Kier molecular flexibility index (Phi) is 3.81. The van der Waals surface area contributed by atoms with E-state index < -0.39 is 0 Å². The topological polar surface area (TPSA) is 76.4 Å². The number of nitrogens with one attached hydrogen (secondary N) is 1. The first kappa shape index (κ1) is 13.6. The quantitative estimate of drug-likeness (QED) is 0.706. The predicted molar refractivity (Wildman–Crippen MR) is 67.0 cm³/mol. The average molecular weight is 272 g/mol. The van der Waals surface area contributed by atoms with Gasteiger partial charge in [-0.05, 0) is 31.6 Å². The molecule has 0 aromatic carbocycles. The molecular formula is C12H18ClN3O2. The Morgan fingerprint density at radius 1 is 1.44 bits per heavy atom. The largest absolute Gasteiger partial charge is 0.391 e. The lowest BCUT2D eigenvalue weighted by Crippen LogP contribution is -2.53. The predicted octanol–water partition coefficient (Wildman–Crippen LogP) is 0.0341. The number of hydrogen-bond acceptors (Lipinski definition) is 4. The third-order valence-electron chi connectivity index (χ3n) is 4.38. The van der Waals surface area contributed by atoms with Crippen LogP contribution in [-0.2, 0) is 4.79 Å². The number of fused-ring (bicyclic) bond motifs is 2. The van der Waals surface area contributed by atoms with Crippen molar-refractivity contribution in [1.82, 2.24) is 10.2 Å². The summed E-state index contributed by atoms with van der Waals surface area (Å²) in [6.45, 7) is 0.704. The Morgan fingerprint density at radius 2 is 2.22 bits per heavy atom. The summed E-state index contributed by atoms with van der Waals surface area (Å²) in [5.74, 6) is 0.316. The van der Waals surface area contributed by atoms with Crippen LogP contribution in [0.4, 0.5) is 0 Å². The van der Waals surface area contributed by atoms with Crippen molar-refractivity contribution in [1.29, 1.82) is 5.26 Å². The van der Waals surface area contributed by atoms with Crippen molar-refractivity contribution in [3.8, 4) is 6.07 Å². The zero-order valence-corrected chi connectivity index (χ0v) is 10.9. The number of carbonyl (C=O) groups excluding carboxylic acids is 1. The van der Waals surface area contributed by atoms with Gasteiger partial charge in [0.05, 0.1) is 18.2 Å². The van der Waals surface area contributed by atoms with E-state index in [9.17, 15) is 9.90 Å². The van der Waals surface area contributed by atoms with E-state index in [4.69, 9.17) is 5.26 Å². The van der Waals surface area contributed by atoms with Crippen LogP contribution in [0.15, 0.2) is 0 Å². The summed E-state index contributed by atoms with van der Waals surface area (Å²) in [5.41, 5.74) is 0. The molecule has 100 valence electrons. The number of halogens is 1. The molecule has 2 saturated heterocycles. The first-order valence-electron chi connectivity index (χ1n) is 6.35. The van der Waals surface area contributed by atoms with Crippen LogP contribution in [0.25, 0.3) is 0 Å². The SMILES string of the molecule is Cl.N#C[C@@H]1CCCN1C(=O)[C@@H]1N[C@@H]2C[C@H]1C[C@H]2O. The van der Waals surface area contributed by atoms with Gasteiger partial charge in [-0.1, -0.05) is 0 Å². The monoisotopic (exact) mass is 271 g/mol. The van der Waals surface area contributed by atoms with E-state index in [1.165, 1.54) is 0 Å². The summed E-state index contributed by atoms with van der Waals surface area (Å²) in [6.07, 6.45) is 3.04. The maximum atomic E-state index is 12.3. The van der Waals surface area contributed by atoms with Gasteiger partial charge in [0.2, 0.25) is 5.91 Å². The summed E-state index contributed by atoms with van der Waals surface area (Å²) in [7, 11) is 0. The number of likely N-dealkylation sites (tertiary alicyclic amines) is 1. The van der Waals surface area contributed by atoms with Crippen molar-refractivity contribution in [2.75, 3.05) is 6.54 Å². The van der Waals surface area contributed by atoms with E-state index >= 15 is 0 Å². The highest BCUT2D eigenvalue weighted by atomic mass is 35.5. The second-order valence-corrected chi connectivity index (χ2v) is 5.37. The van der Waals surface area contributed by atoms with E-state index in [-0.39, 0.29) is 48.5 Å². The van der Waals surface area contributed by atoms with Crippen LogP contribution >= 0.6 is 12.4 Å². The summed E-state index contributed by atoms with van der Waals surface area (Å²) in [4.78, 5) is 14.1. The molecule has 5 nitrogen and oxygen atoms in total. The van der Waals surface area contributed by atoms with E-state index in [2.05, 4.69) is 11.4 Å². The van der Waals surface area contributed by atoms with Crippen LogP contribution in [0.5, 0.6) is 0 Å². The van der Waals surface area contributed by atoms with Crippen LogP contribution in [0.2, 0.25) is 0 Å². The maximum absolute atomic E-state index is 12.3. The third kappa shape index (κ3) is 1.99. The molecule has 1 amide bonds. The zero-order valence-electron chi connectivity index (χ0n) is 10.1. The Morgan fingerprint density at radius 3 is 2.78 bits per heavy atom. The fraction of sp³-hybridized carbons (Fsp3) is 0.833. The fourth-order valence-electron chi connectivity index (χ4n) is 3.49. The van der Waals surface area contributed by atoms with Crippen LogP contribution in [0, 0.1) is 17.2 Å². The minimum Gasteiger partial charge on any atom is -0.391 e.